The molecule has 0 unspecified atom stereocenters. The van der Waals surface area contributed by atoms with Crippen LogP contribution in [0.1, 0.15) is 10.4 Å². The van der Waals surface area contributed by atoms with Crippen LogP contribution in [0.3, 0.4) is 0 Å². The van der Waals surface area contributed by atoms with Gasteiger partial charge in [0.25, 0.3) is 5.91 Å². The monoisotopic (exact) mass is 245 g/mol. The van der Waals surface area contributed by atoms with E-state index in [2.05, 4.69) is 10.4 Å². The second-order valence-electron chi connectivity index (χ2n) is 3.83. The highest BCUT2D eigenvalue weighted by atomic mass is 16.1. The van der Waals surface area contributed by atoms with E-state index in [9.17, 15) is 4.79 Å². The van der Waals surface area contributed by atoms with Gasteiger partial charge < -0.3 is 16.8 Å². The maximum atomic E-state index is 11.1. The summed E-state index contributed by atoms with van der Waals surface area (Å²) >= 11 is 0. The van der Waals surface area contributed by atoms with Gasteiger partial charge >= 0.3 is 0 Å². The number of carbonyl (C=O) groups excluding carboxylic acids is 1. The molecule has 1 amide bonds. The number of rotatable bonds is 5. The highest BCUT2D eigenvalue weighted by molar-refractivity contribution is 6.00. The Balaban J connectivity index is 2.01. The van der Waals surface area contributed by atoms with Gasteiger partial charge in [0.05, 0.1) is 23.5 Å². The van der Waals surface area contributed by atoms with Crippen molar-refractivity contribution in [3.05, 3.63) is 42.2 Å². The Morgan fingerprint density at radius 3 is 2.89 bits per heavy atom. The van der Waals surface area contributed by atoms with Crippen LogP contribution >= 0.6 is 0 Å². The van der Waals surface area contributed by atoms with Gasteiger partial charge in [0, 0.05) is 18.9 Å². The molecule has 2 rings (SSSR count). The van der Waals surface area contributed by atoms with Crippen LogP contribution < -0.4 is 16.8 Å². The zero-order valence-electron chi connectivity index (χ0n) is 9.84. The fourth-order valence-electron chi connectivity index (χ4n) is 1.67. The predicted molar refractivity (Wildman–Crippen MR) is 70.1 cm³/mol. The number of nitrogens with zero attached hydrogens (tertiary/aromatic N) is 2. The molecular weight excluding hydrogens is 230 g/mol. The molecule has 6 nitrogen and oxygen atoms in total. The number of carbonyl (C=O) groups is 1. The molecule has 0 atom stereocenters. The first-order valence-electron chi connectivity index (χ1n) is 5.58. The van der Waals surface area contributed by atoms with E-state index in [-0.39, 0.29) is 0 Å². The van der Waals surface area contributed by atoms with E-state index in [1.54, 1.807) is 23.0 Å². The van der Waals surface area contributed by atoms with E-state index < -0.39 is 5.91 Å². The average molecular weight is 245 g/mol. The van der Waals surface area contributed by atoms with Gasteiger partial charge in [-0.2, -0.15) is 5.10 Å². The van der Waals surface area contributed by atoms with Crippen LogP contribution in [0.5, 0.6) is 0 Å². The summed E-state index contributed by atoms with van der Waals surface area (Å²) in [6.07, 6.45) is 3.60. The molecule has 1 heterocycles. The minimum Gasteiger partial charge on any atom is -0.396 e. The SMILES string of the molecule is NC(=O)c1cccc(NCCn2cccn2)c1N. The van der Waals surface area contributed by atoms with Crippen molar-refractivity contribution in [3.8, 4) is 0 Å². The lowest BCUT2D eigenvalue weighted by Crippen LogP contribution is -2.16. The van der Waals surface area contributed by atoms with Crippen LogP contribution in [0.4, 0.5) is 11.4 Å². The van der Waals surface area contributed by atoms with Crippen LogP contribution in [0.2, 0.25) is 0 Å². The van der Waals surface area contributed by atoms with Gasteiger partial charge in [0.2, 0.25) is 0 Å². The van der Waals surface area contributed by atoms with Crippen molar-refractivity contribution in [3.63, 3.8) is 0 Å². The first-order chi connectivity index (χ1) is 8.68. The summed E-state index contributed by atoms with van der Waals surface area (Å²) in [5.41, 5.74) is 12.5. The van der Waals surface area contributed by atoms with Crippen LogP contribution in [0.15, 0.2) is 36.7 Å². The maximum Gasteiger partial charge on any atom is 0.250 e. The number of primary amides is 1. The number of para-hydroxylation sites is 1. The Labute approximate surface area is 105 Å². The molecule has 5 N–H and O–H groups in total. The minimum atomic E-state index is -0.525. The Bertz CT molecular complexity index is 535. The Morgan fingerprint density at radius 2 is 2.22 bits per heavy atom. The van der Waals surface area contributed by atoms with Crippen molar-refractivity contribution < 1.29 is 4.79 Å². The van der Waals surface area contributed by atoms with Gasteiger partial charge in [0.1, 0.15) is 0 Å². The predicted octanol–water partition coefficient (Wildman–Crippen LogP) is 0.676. The first kappa shape index (κ1) is 12.0. The van der Waals surface area contributed by atoms with Crippen LogP contribution in [-0.4, -0.2) is 22.2 Å². The molecule has 18 heavy (non-hydrogen) atoms. The molecule has 0 fully saturated rings. The maximum absolute atomic E-state index is 11.1. The molecule has 0 saturated heterocycles. The molecule has 0 spiro atoms. The lowest BCUT2D eigenvalue weighted by molar-refractivity contribution is 0.100. The highest BCUT2D eigenvalue weighted by Crippen LogP contribution is 2.21. The van der Waals surface area contributed by atoms with Gasteiger partial charge in [0.15, 0.2) is 0 Å². The zero-order chi connectivity index (χ0) is 13.0. The van der Waals surface area contributed by atoms with Crippen molar-refractivity contribution in [2.75, 3.05) is 17.6 Å². The van der Waals surface area contributed by atoms with E-state index in [1.807, 2.05) is 18.3 Å². The van der Waals surface area contributed by atoms with E-state index in [1.165, 1.54) is 0 Å². The Morgan fingerprint density at radius 1 is 1.39 bits per heavy atom. The third kappa shape index (κ3) is 2.60. The number of nitrogens with two attached hydrogens (primary N) is 2. The summed E-state index contributed by atoms with van der Waals surface area (Å²) in [5, 5.41) is 7.24. The van der Waals surface area contributed by atoms with Crippen molar-refractivity contribution in [1.82, 2.24) is 9.78 Å². The first-order valence-corrected chi connectivity index (χ1v) is 5.58. The van der Waals surface area contributed by atoms with Gasteiger partial charge in [-0.3, -0.25) is 9.48 Å². The lowest BCUT2D eigenvalue weighted by atomic mass is 10.1. The molecule has 1 aromatic heterocycles. The zero-order valence-corrected chi connectivity index (χ0v) is 9.84. The van der Waals surface area contributed by atoms with Crippen molar-refractivity contribution in [1.29, 1.82) is 0 Å². The molecule has 94 valence electrons. The Hall–Kier alpha value is -2.50. The average Bonchev–Trinajstić information content (AvgIpc) is 2.84. The second-order valence-corrected chi connectivity index (χ2v) is 3.83. The third-order valence-electron chi connectivity index (χ3n) is 2.59. The van der Waals surface area contributed by atoms with E-state index in [4.69, 9.17) is 11.5 Å². The van der Waals surface area contributed by atoms with E-state index in [0.717, 1.165) is 0 Å². The van der Waals surface area contributed by atoms with Gasteiger partial charge in [-0.1, -0.05) is 6.07 Å². The van der Waals surface area contributed by atoms with Crippen molar-refractivity contribution in [2.24, 2.45) is 5.73 Å². The van der Waals surface area contributed by atoms with Crippen molar-refractivity contribution >= 4 is 17.3 Å². The number of benzene rings is 1. The Kier molecular flexibility index (Phi) is 3.47. The van der Waals surface area contributed by atoms with Crippen LogP contribution in [-0.2, 0) is 6.54 Å². The normalized spacial score (nSPS) is 10.2. The summed E-state index contributed by atoms with van der Waals surface area (Å²) in [6.45, 7) is 1.38. The van der Waals surface area contributed by atoms with Gasteiger partial charge in [-0.05, 0) is 18.2 Å². The second kappa shape index (κ2) is 5.22. The van der Waals surface area contributed by atoms with Gasteiger partial charge in [-0.15, -0.1) is 0 Å². The number of hydrogen-bond acceptors (Lipinski definition) is 4. The highest BCUT2D eigenvalue weighted by Gasteiger charge is 2.08. The minimum absolute atomic E-state index is 0.332. The molecule has 2 aromatic rings. The third-order valence-corrected chi connectivity index (χ3v) is 2.59. The smallest absolute Gasteiger partial charge is 0.250 e. The molecule has 6 heteroatoms. The number of anilines is 2. The fourth-order valence-corrected chi connectivity index (χ4v) is 1.67. The molecule has 0 aliphatic rings. The number of aromatic nitrogens is 2. The molecule has 1 aromatic carbocycles. The summed E-state index contributed by atoms with van der Waals surface area (Å²) in [4.78, 5) is 11.1. The lowest BCUT2D eigenvalue weighted by Gasteiger charge is -2.11. The largest absolute Gasteiger partial charge is 0.396 e. The molecule has 0 aliphatic carbocycles. The van der Waals surface area contributed by atoms with E-state index in [0.29, 0.717) is 30.0 Å². The quantitative estimate of drug-likeness (QED) is 0.674. The van der Waals surface area contributed by atoms with Crippen LogP contribution in [0, 0.1) is 0 Å². The molecule has 0 radical (unpaired) electrons. The topological polar surface area (TPSA) is 99.0 Å². The molecule has 0 saturated carbocycles. The number of nitrogen functional groups attached to an aromatic ring is 1. The molecule has 0 bridgehead atoms. The standard InChI is InChI=1S/C12H15N5O/c13-11-9(12(14)18)3-1-4-10(11)15-6-8-17-7-2-5-16-17/h1-5,7,15H,6,8,13H2,(H2,14,18). The number of hydrogen-bond donors (Lipinski definition) is 3. The number of amides is 1. The van der Waals surface area contributed by atoms with Gasteiger partial charge in [-0.25, -0.2) is 0 Å². The number of nitrogens with one attached hydrogen (secondary N) is 1. The summed E-state index contributed by atoms with van der Waals surface area (Å²) in [7, 11) is 0. The molecule has 0 aliphatic heterocycles. The summed E-state index contributed by atoms with van der Waals surface area (Å²) < 4.78 is 1.81. The fraction of sp³-hybridized carbons (Fsp3) is 0.167. The summed E-state index contributed by atoms with van der Waals surface area (Å²) in [5.74, 6) is -0.525. The van der Waals surface area contributed by atoms with E-state index >= 15 is 0 Å². The molecular formula is C12H15N5O. The van der Waals surface area contributed by atoms with Crippen molar-refractivity contribution in [2.45, 2.75) is 6.54 Å². The van der Waals surface area contributed by atoms with Crippen LogP contribution in [0.25, 0.3) is 0 Å². The summed E-state index contributed by atoms with van der Waals surface area (Å²) in [6, 6.07) is 7.02.